The van der Waals surface area contributed by atoms with Crippen LogP contribution in [0.2, 0.25) is 0 Å². The van der Waals surface area contributed by atoms with Crippen molar-refractivity contribution in [1.29, 1.82) is 0 Å². The number of benzene rings is 1. The molecule has 0 bridgehead atoms. The van der Waals surface area contributed by atoms with Crippen LogP contribution in [0, 0.1) is 6.92 Å². The average Bonchev–Trinajstić information content (AvgIpc) is 2.36. The van der Waals surface area contributed by atoms with Gasteiger partial charge in [0.1, 0.15) is 0 Å². The predicted molar refractivity (Wildman–Crippen MR) is 66.9 cm³/mol. The van der Waals surface area contributed by atoms with Crippen LogP contribution in [0.25, 0.3) is 0 Å². The van der Waals surface area contributed by atoms with Gasteiger partial charge in [-0.15, -0.1) is 0 Å². The lowest BCUT2D eigenvalue weighted by Crippen LogP contribution is -2.37. The predicted octanol–water partition coefficient (Wildman–Crippen LogP) is 2.69. The molecule has 0 aliphatic heterocycles. The first-order valence-corrected chi connectivity index (χ1v) is 6.24. The first-order chi connectivity index (χ1) is 8.47. The number of carboxylic acids is 1. The number of aryl methyl sites for hydroxylation is 1. The van der Waals surface area contributed by atoms with E-state index in [9.17, 15) is 20.1 Å². The van der Waals surface area contributed by atoms with Crippen molar-refractivity contribution in [2.24, 2.45) is 0 Å². The maximum Gasteiger partial charge on any atom is 0.314 e. The van der Waals surface area contributed by atoms with Gasteiger partial charge in [-0.1, -0.05) is 25.3 Å². The Balaban J connectivity index is 2.52. The van der Waals surface area contributed by atoms with Gasteiger partial charge in [-0.3, -0.25) is 4.79 Å². The maximum atomic E-state index is 11.6. The number of phenolic OH excluding ortho intramolecular Hbond substituents is 2. The van der Waals surface area contributed by atoms with Crippen molar-refractivity contribution >= 4 is 5.97 Å². The molecule has 1 fully saturated rings. The monoisotopic (exact) mass is 250 g/mol. The van der Waals surface area contributed by atoms with Crippen LogP contribution in [0.5, 0.6) is 11.5 Å². The summed E-state index contributed by atoms with van der Waals surface area (Å²) in [6.07, 6.45) is 4.00. The lowest BCUT2D eigenvalue weighted by molar-refractivity contribution is -0.145. The molecule has 0 heterocycles. The summed E-state index contributed by atoms with van der Waals surface area (Å²) < 4.78 is 0. The number of hydrogen-bond acceptors (Lipinski definition) is 3. The normalized spacial score (nSPS) is 18.5. The lowest BCUT2D eigenvalue weighted by Gasteiger charge is -2.34. The van der Waals surface area contributed by atoms with E-state index in [4.69, 9.17) is 0 Å². The van der Waals surface area contributed by atoms with Crippen molar-refractivity contribution in [3.8, 4) is 11.5 Å². The molecular weight excluding hydrogens is 232 g/mol. The van der Waals surface area contributed by atoms with Crippen molar-refractivity contribution < 1.29 is 20.1 Å². The fourth-order valence-electron chi connectivity index (χ4n) is 2.82. The summed E-state index contributed by atoms with van der Waals surface area (Å²) in [7, 11) is 0. The molecule has 1 aliphatic carbocycles. The second-order valence-electron chi connectivity index (χ2n) is 5.11. The Hall–Kier alpha value is -1.71. The maximum absolute atomic E-state index is 11.6. The number of carboxylic acid groups (broad SMARTS) is 1. The third kappa shape index (κ3) is 1.92. The SMILES string of the molecule is Cc1cc(C2(C(=O)O)CCCCC2)cc(O)c1O. The minimum Gasteiger partial charge on any atom is -0.504 e. The molecule has 0 atom stereocenters. The Labute approximate surface area is 106 Å². The molecule has 1 aromatic carbocycles. The third-order valence-corrected chi connectivity index (χ3v) is 3.95. The molecule has 3 N–H and O–H groups in total. The van der Waals surface area contributed by atoms with E-state index >= 15 is 0 Å². The van der Waals surface area contributed by atoms with E-state index in [0.717, 1.165) is 19.3 Å². The minimum atomic E-state index is -0.909. The Kier molecular flexibility index (Phi) is 3.20. The van der Waals surface area contributed by atoms with Crippen LogP contribution in [0.4, 0.5) is 0 Å². The molecule has 0 spiro atoms. The van der Waals surface area contributed by atoms with Gasteiger partial charge in [0.05, 0.1) is 5.41 Å². The smallest absolute Gasteiger partial charge is 0.314 e. The summed E-state index contributed by atoms with van der Waals surface area (Å²) in [6.45, 7) is 1.66. The molecule has 0 unspecified atom stereocenters. The second kappa shape index (κ2) is 4.52. The summed E-state index contributed by atoms with van der Waals surface area (Å²) in [6, 6.07) is 3.07. The second-order valence-corrected chi connectivity index (χ2v) is 5.11. The number of carbonyl (C=O) groups is 1. The van der Waals surface area contributed by atoms with E-state index in [-0.39, 0.29) is 11.5 Å². The zero-order valence-corrected chi connectivity index (χ0v) is 10.4. The number of aliphatic carboxylic acids is 1. The summed E-state index contributed by atoms with van der Waals surface area (Å²) in [5.74, 6) is -1.25. The van der Waals surface area contributed by atoms with Gasteiger partial charge in [-0.25, -0.2) is 0 Å². The standard InChI is InChI=1S/C14H18O4/c1-9-7-10(8-11(15)12(9)16)14(13(17)18)5-3-2-4-6-14/h7-8,15-16H,2-6H2,1H3,(H,17,18). The van der Waals surface area contributed by atoms with Crippen molar-refractivity contribution in [2.45, 2.75) is 44.4 Å². The number of rotatable bonds is 2. The van der Waals surface area contributed by atoms with Crippen LogP contribution in [0.1, 0.15) is 43.2 Å². The fourth-order valence-corrected chi connectivity index (χ4v) is 2.82. The fraction of sp³-hybridized carbons (Fsp3) is 0.500. The molecule has 98 valence electrons. The van der Waals surface area contributed by atoms with E-state index in [2.05, 4.69) is 0 Å². The van der Waals surface area contributed by atoms with Crippen LogP contribution in [-0.2, 0) is 10.2 Å². The van der Waals surface area contributed by atoms with Gasteiger partial charge in [0.25, 0.3) is 0 Å². The Morgan fingerprint density at radius 2 is 1.78 bits per heavy atom. The highest BCUT2D eigenvalue weighted by atomic mass is 16.4. The van der Waals surface area contributed by atoms with E-state index < -0.39 is 11.4 Å². The molecular formula is C14H18O4. The Bertz CT molecular complexity index is 450. The topological polar surface area (TPSA) is 77.8 Å². The summed E-state index contributed by atoms with van der Waals surface area (Å²) >= 11 is 0. The van der Waals surface area contributed by atoms with Crippen LogP contribution in [0.3, 0.4) is 0 Å². The van der Waals surface area contributed by atoms with Gasteiger partial charge in [0.2, 0.25) is 0 Å². The Morgan fingerprint density at radius 1 is 1.17 bits per heavy atom. The van der Waals surface area contributed by atoms with E-state index in [1.54, 1.807) is 13.0 Å². The molecule has 1 aromatic rings. The molecule has 1 aliphatic rings. The largest absolute Gasteiger partial charge is 0.504 e. The molecule has 4 nitrogen and oxygen atoms in total. The molecule has 1 saturated carbocycles. The minimum absolute atomic E-state index is 0.171. The van der Waals surface area contributed by atoms with Gasteiger partial charge in [-0.05, 0) is 37.0 Å². The van der Waals surface area contributed by atoms with Crippen LogP contribution in [-0.4, -0.2) is 21.3 Å². The average molecular weight is 250 g/mol. The van der Waals surface area contributed by atoms with Crippen molar-refractivity contribution in [2.75, 3.05) is 0 Å². The van der Waals surface area contributed by atoms with Gasteiger partial charge in [-0.2, -0.15) is 0 Å². The van der Waals surface area contributed by atoms with E-state index in [0.29, 0.717) is 24.0 Å². The van der Waals surface area contributed by atoms with Crippen molar-refractivity contribution in [3.63, 3.8) is 0 Å². The van der Waals surface area contributed by atoms with E-state index in [1.165, 1.54) is 6.07 Å². The molecule has 0 radical (unpaired) electrons. The first-order valence-electron chi connectivity index (χ1n) is 6.24. The van der Waals surface area contributed by atoms with Crippen molar-refractivity contribution in [1.82, 2.24) is 0 Å². The van der Waals surface area contributed by atoms with Gasteiger partial charge in [0.15, 0.2) is 11.5 Å². The van der Waals surface area contributed by atoms with Crippen molar-refractivity contribution in [3.05, 3.63) is 23.3 Å². The van der Waals surface area contributed by atoms with Gasteiger partial charge < -0.3 is 15.3 Å². The Morgan fingerprint density at radius 3 is 2.28 bits per heavy atom. The number of phenols is 2. The molecule has 0 aromatic heterocycles. The zero-order valence-electron chi connectivity index (χ0n) is 10.4. The summed E-state index contributed by atoms with van der Waals surface area (Å²) in [5.41, 5.74) is 0.201. The van der Waals surface area contributed by atoms with Crippen LogP contribution in [0.15, 0.2) is 12.1 Å². The molecule has 0 amide bonds. The molecule has 4 heteroatoms. The highest BCUT2D eigenvalue weighted by molar-refractivity contribution is 5.82. The molecule has 18 heavy (non-hydrogen) atoms. The quantitative estimate of drug-likeness (QED) is 0.705. The van der Waals surface area contributed by atoms with Gasteiger partial charge >= 0.3 is 5.97 Å². The van der Waals surface area contributed by atoms with Crippen LogP contribution >= 0.6 is 0 Å². The number of hydrogen-bond donors (Lipinski definition) is 3. The lowest BCUT2D eigenvalue weighted by atomic mass is 9.69. The summed E-state index contributed by atoms with van der Waals surface area (Å²) in [5, 5.41) is 28.8. The molecule has 0 saturated heterocycles. The number of aromatic hydroxyl groups is 2. The first kappa shape index (κ1) is 12.7. The highest BCUT2D eigenvalue weighted by Gasteiger charge is 2.41. The highest BCUT2D eigenvalue weighted by Crippen LogP contribution is 2.43. The summed E-state index contributed by atoms with van der Waals surface area (Å²) in [4.78, 5) is 11.6. The van der Waals surface area contributed by atoms with E-state index in [1.807, 2.05) is 0 Å². The van der Waals surface area contributed by atoms with Crippen LogP contribution < -0.4 is 0 Å². The van der Waals surface area contributed by atoms with Gasteiger partial charge in [0, 0.05) is 0 Å². The molecule has 2 rings (SSSR count). The zero-order chi connectivity index (χ0) is 13.3. The third-order valence-electron chi connectivity index (χ3n) is 3.95.